The van der Waals surface area contributed by atoms with E-state index in [4.69, 9.17) is 9.47 Å². The smallest absolute Gasteiger partial charge is 0.408 e. The molecule has 7 nitrogen and oxygen atoms in total. The van der Waals surface area contributed by atoms with Crippen LogP contribution < -0.4 is 5.32 Å². The first-order valence-corrected chi connectivity index (χ1v) is 9.49. The standard InChI is InChI=1S/C19H32N2O5/c1-12-10-14(17(23)25-5)21(11-12)16(22)15(19(2,3)4)20-18(24)26-13-8-6-7-9-13/h12-15H,6-11H2,1-5H3,(H,20,24)/t12-,14-,15+/m0/s1. The van der Waals surface area contributed by atoms with Gasteiger partial charge in [0, 0.05) is 6.54 Å². The Labute approximate surface area is 155 Å². The van der Waals surface area contributed by atoms with Crippen LogP contribution in [0.15, 0.2) is 0 Å². The predicted octanol–water partition coefficient (Wildman–Crippen LogP) is 2.48. The van der Waals surface area contributed by atoms with Crippen LogP contribution in [0.1, 0.15) is 59.8 Å². The van der Waals surface area contributed by atoms with E-state index in [2.05, 4.69) is 5.32 Å². The molecule has 0 aromatic heterocycles. The minimum atomic E-state index is -0.770. The molecule has 1 saturated heterocycles. The zero-order valence-corrected chi connectivity index (χ0v) is 16.5. The molecule has 148 valence electrons. The number of nitrogens with one attached hydrogen (secondary N) is 1. The van der Waals surface area contributed by atoms with Gasteiger partial charge < -0.3 is 19.7 Å². The topological polar surface area (TPSA) is 84.9 Å². The molecule has 2 fully saturated rings. The third-order valence-electron chi connectivity index (χ3n) is 5.22. The second-order valence-corrected chi connectivity index (χ2v) is 8.63. The van der Waals surface area contributed by atoms with E-state index >= 15 is 0 Å². The van der Waals surface area contributed by atoms with Crippen molar-refractivity contribution in [2.75, 3.05) is 13.7 Å². The van der Waals surface area contributed by atoms with Gasteiger partial charge in [0.2, 0.25) is 5.91 Å². The van der Waals surface area contributed by atoms with Crippen LogP contribution in [0.25, 0.3) is 0 Å². The Hall–Kier alpha value is -1.79. The highest BCUT2D eigenvalue weighted by atomic mass is 16.6. The van der Waals surface area contributed by atoms with Gasteiger partial charge >= 0.3 is 12.1 Å². The molecular weight excluding hydrogens is 336 g/mol. The maximum atomic E-state index is 13.2. The second kappa shape index (κ2) is 8.27. The maximum Gasteiger partial charge on any atom is 0.408 e. The number of amides is 2. The summed E-state index contributed by atoms with van der Waals surface area (Å²) in [5.74, 6) is -0.473. The van der Waals surface area contributed by atoms with Crippen LogP contribution in [-0.2, 0) is 19.1 Å². The molecule has 2 amide bonds. The minimum absolute atomic E-state index is 0.0691. The van der Waals surface area contributed by atoms with Crippen LogP contribution in [0.2, 0.25) is 0 Å². The van der Waals surface area contributed by atoms with Crippen molar-refractivity contribution in [2.24, 2.45) is 11.3 Å². The van der Waals surface area contributed by atoms with E-state index in [1.165, 1.54) is 7.11 Å². The average molecular weight is 368 g/mol. The van der Waals surface area contributed by atoms with E-state index in [-0.39, 0.29) is 17.9 Å². The number of carbonyl (C=O) groups is 3. The Morgan fingerprint density at radius 2 is 1.77 bits per heavy atom. The van der Waals surface area contributed by atoms with Gasteiger partial charge in [0.15, 0.2) is 0 Å². The Bertz CT molecular complexity index is 537. The third kappa shape index (κ3) is 4.89. The molecule has 0 spiro atoms. The lowest BCUT2D eigenvalue weighted by atomic mass is 9.85. The number of hydrogen-bond acceptors (Lipinski definition) is 5. The summed E-state index contributed by atoms with van der Waals surface area (Å²) in [6.45, 7) is 8.13. The van der Waals surface area contributed by atoms with Crippen molar-refractivity contribution >= 4 is 18.0 Å². The number of ether oxygens (including phenoxy) is 2. The molecular formula is C19H32N2O5. The normalized spacial score (nSPS) is 25.0. The molecule has 3 atom stereocenters. The fourth-order valence-corrected chi connectivity index (χ4v) is 3.77. The SMILES string of the molecule is COC(=O)[C@@H]1C[C@H](C)CN1C(=O)[C@@H](NC(=O)OC1CCCC1)C(C)(C)C. The fraction of sp³-hybridized carbons (Fsp3) is 0.842. The quantitative estimate of drug-likeness (QED) is 0.771. The van der Waals surface area contributed by atoms with Crippen LogP contribution in [-0.4, -0.2) is 54.7 Å². The number of rotatable bonds is 4. The summed E-state index contributed by atoms with van der Waals surface area (Å²) in [5, 5.41) is 2.75. The van der Waals surface area contributed by atoms with Gasteiger partial charge in [0.1, 0.15) is 18.2 Å². The van der Waals surface area contributed by atoms with Crippen molar-refractivity contribution in [1.29, 1.82) is 0 Å². The van der Waals surface area contributed by atoms with E-state index in [1.54, 1.807) is 4.90 Å². The van der Waals surface area contributed by atoms with Gasteiger partial charge in [0.25, 0.3) is 0 Å². The molecule has 26 heavy (non-hydrogen) atoms. The van der Waals surface area contributed by atoms with E-state index in [0.29, 0.717) is 13.0 Å². The molecule has 0 unspecified atom stereocenters. The zero-order chi connectivity index (χ0) is 19.5. The second-order valence-electron chi connectivity index (χ2n) is 8.63. The highest BCUT2D eigenvalue weighted by molar-refractivity contribution is 5.90. The minimum Gasteiger partial charge on any atom is -0.467 e. The average Bonchev–Trinajstić information content (AvgIpc) is 3.19. The van der Waals surface area contributed by atoms with Crippen molar-refractivity contribution in [3.05, 3.63) is 0 Å². The molecule has 1 aliphatic carbocycles. The summed E-state index contributed by atoms with van der Waals surface area (Å²) in [5.41, 5.74) is -0.516. The molecule has 0 aromatic rings. The Kier molecular flexibility index (Phi) is 6.53. The van der Waals surface area contributed by atoms with E-state index in [1.807, 2.05) is 27.7 Å². The molecule has 2 aliphatic rings. The molecule has 1 heterocycles. The molecule has 1 saturated carbocycles. The Morgan fingerprint density at radius 3 is 2.31 bits per heavy atom. The summed E-state index contributed by atoms with van der Waals surface area (Å²) in [7, 11) is 1.33. The molecule has 0 bridgehead atoms. The van der Waals surface area contributed by atoms with Crippen LogP contribution >= 0.6 is 0 Å². The first-order chi connectivity index (χ1) is 12.1. The van der Waals surface area contributed by atoms with Gasteiger partial charge in [-0.1, -0.05) is 27.7 Å². The molecule has 0 radical (unpaired) electrons. The van der Waals surface area contributed by atoms with Gasteiger partial charge in [0.05, 0.1) is 7.11 Å². The van der Waals surface area contributed by atoms with Crippen molar-refractivity contribution in [1.82, 2.24) is 10.2 Å². The number of alkyl carbamates (subject to hydrolysis) is 1. The first kappa shape index (κ1) is 20.5. The first-order valence-electron chi connectivity index (χ1n) is 9.49. The zero-order valence-electron chi connectivity index (χ0n) is 16.5. The van der Waals surface area contributed by atoms with Gasteiger partial charge in [-0.05, 0) is 43.4 Å². The van der Waals surface area contributed by atoms with Crippen LogP contribution in [0.3, 0.4) is 0 Å². The highest BCUT2D eigenvalue weighted by Crippen LogP contribution is 2.29. The van der Waals surface area contributed by atoms with Crippen molar-refractivity contribution in [2.45, 2.75) is 78.0 Å². The maximum absolute atomic E-state index is 13.2. The monoisotopic (exact) mass is 368 g/mol. The Balaban J connectivity index is 2.10. The molecule has 0 aromatic carbocycles. The third-order valence-corrected chi connectivity index (χ3v) is 5.22. The molecule has 1 N–H and O–H groups in total. The van der Waals surface area contributed by atoms with Gasteiger partial charge in [-0.15, -0.1) is 0 Å². The predicted molar refractivity (Wildman–Crippen MR) is 96.4 cm³/mol. The highest BCUT2D eigenvalue weighted by Gasteiger charge is 2.44. The van der Waals surface area contributed by atoms with E-state index < -0.39 is 29.6 Å². The van der Waals surface area contributed by atoms with E-state index in [9.17, 15) is 14.4 Å². The number of esters is 1. The van der Waals surface area contributed by atoms with Gasteiger partial charge in [-0.2, -0.15) is 0 Å². The number of likely N-dealkylation sites (tertiary alicyclic amines) is 1. The summed E-state index contributed by atoms with van der Waals surface area (Å²) in [4.78, 5) is 39.1. The van der Waals surface area contributed by atoms with Gasteiger partial charge in [-0.3, -0.25) is 4.79 Å². The van der Waals surface area contributed by atoms with Crippen LogP contribution in [0, 0.1) is 11.3 Å². The molecule has 1 aliphatic heterocycles. The summed E-state index contributed by atoms with van der Waals surface area (Å²) < 4.78 is 10.3. The number of nitrogens with zero attached hydrogens (tertiary/aromatic N) is 1. The summed E-state index contributed by atoms with van der Waals surface area (Å²) in [6, 6.07) is -1.37. The molecule has 7 heteroatoms. The van der Waals surface area contributed by atoms with Gasteiger partial charge in [-0.25, -0.2) is 9.59 Å². The largest absolute Gasteiger partial charge is 0.467 e. The summed E-state index contributed by atoms with van der Waals surface area (Å²) in [6.07, 6.45) is 3.80. The van der Waals surface area contributed by atoms with Crippen LogP contribution in [0.4, 0.5) is 4.79 Å². The van der Waals surface area contributed by atoms with Crippen molar-refractivity contribution in [3.8, 4) is 0 Å². The Morgan fingerprint density at radius 1 is 1.15 bits per heavy atom. The number of methoxy groups -OCH3 is 1. The number of hydrogen-bond donors (Lipinski definition) is 1. The number of carbonyl (C=O) groups excluding carboxylic acids is 3. The van der Waals surface area contributed by atoms with Crippen molar-refractivity contribution < 1.29 is 23.9 Å². The lowest BCUT2D eigenvalue weighted by molar-refractivity contribution is -0.152. The lowest BCUT2D eigenvalue weighted by Gasteiger charge is -2.35. The fourth-order valence-electron chi connectivity index (χ4n) is 3.77. The lowest BCUT2D eigenvalue weighted by Crippen LogP contribution is -2.57. The van der Waals surface area contributed by atoms with Crippen molar-refractivity contribution in [3.63, 3.8) is 0 Å². The van der Waals surface area contributed by atoms with E-state index in [0.717, 1.165) is 25.7 Å². The van der Waals surface area contributed by atoms with Crippen LogP contribution in [0.5, 0.6) is 0 Å². The summed E-state index contributed by atoms with van der Waals surface area (Å²) >= 11 is 0. The molecule has 2 rings (SSSR count).